The Morgan fingerprint density at radius 2 is 1.76 bits per heavy atom. The Labute approximate surface area is 212 Å². The van der Waals surface area contributed by atoms with Gasteiger partial charge >= 0.3 is 6.18 Å². The van der Waals surface area contributed by atoms with Gasteiger partial charge < -0.3 is 10.6 Å². The number of sulfonamides is 1. The number of pyridine rings is 2. The van der Waals surface area contributed by atoms with Gasteiger partial charge in [0.1, 0.15) is 11.6 Å². The maximum Gasteiger partial charge on any atom is 0.418 e. The number of alkyl halides is 3. The summed E-state index contributed by atoms with van der Waals surface area (Å²) in [5, 5.41) is 0. The van der Waals surface area contributed by atoms with Gasteiger partial charge in [0.15, 0.2) is 0 Å². The molecule has 13 heteroatoms. The van der Waals surface area contributed by atoms with Gasteiger partial charge in [-0.3, -0.25) is 14.4 Å². The summed E-state index contributed by atoms with van der Waals surface area (Å²) in [6, 6.07) is 10.3. The Balaban J connectivity index is 1.59. The van der Waals surface area contributed by atoms with E-state index in [0.717, 1.165) is 6.07 Å². The van der Waals surface area contributed by atoms with Crippen molar-refractivity contribution in [2.45, 2.75) is 18.0 Å². The van der Waals surface area contributed by atoms with Crippen molar-refractivity contribution in [1.29, 1.82) is 0 Å². The number of nitrogens with zero attached hydrogens (tertiary/aromatic N) is 4. The van der Waals surface area contributed by atoms with Gasteiger partial charge in [-0.2, -0.15) is 13.2 Å². The zero-order valence-electron chi connectivity index (χ0n) is 19.9. The highest BCUT2D eigenvalue weighted by Gasteiger charge is 2.35. The molecule has 0 radical (unpaired) electrons. The monoisotopic (exact) mass is 534 g/mol. The number of piperazine rings is 1. The van der Waals surface area contributed by atoms with E-state index < -0.39 is 27.7 Å². The van der Waals surface area contributed by atoms with Gasteiger partial charge in [-0.25, -0.2) is 18.4 Å². The number of anilines is 2. The van der Waals surface area contributed by atoms with E-state index in [4.69, 9.17) is 5.73 Å². The van der Waals surface area contributed by atoms with Crippen molar-refractivity contribution in [3.8, 4) is 11.1 Å². The first-order valence-corrected chi connectivity index (χ1v) is 12.8. The van der Waals surface area contributed by atoms with Crippen LogP contribution in [0.1, 0.15) is 11.1 Å². The van der Waals surface area contributed by atoms with Gasteiger partial charge in [0.2, 0.25) is 5.91 Å². The lowest BCUT2D eigenvalue weighted by Gasteiger charge is -2.34. The molecule has 0 atom stereocenters. The first-order chi connectivity index (χ1) is 17.4. The van der Waals surface area contributed by atoms with Crippen molar-refractivity contribution in [1.82, 2.24) is 14.9 Å². The van der Waals surface area contributed by atoms with Crippen LogP contribution in [-0.4, -0.2) is 61.9 Å². The number of carbonyl (C=O) groups is 1. The third-order valence-corrected chi connectivity index (χ3v) is 7.34. The molecule has 9 nitrogen and oxygen atoms in total. The van der Waals surface area contributed by atoms with Crippen LogP contribution in [0.3, 0.4) is 0 Å². The van der Waals surface area contributed by atoms with Crippen LogP contribution in [0.25, 0.3) is 11.1 Å². The van der Waals surface area contributed by atoms with E-state index in [1.54, 1.807) is 25.1 Å². The van der Waals surface area contributed by atoms with Crippen LogP contribution < -0.4 is 15.4 Å². The number of amides is 1. The van der Waals surface area contributed by atoms with E-state index in [1.165, 1.54) is 24.4 Å². The van der Waals surface area contributed by atoms with Gasteiger partial charge in [-0.05, 0) is 35.7 Å². The first kappa shape index (κ1) is 26.4. The minimum absolute atomic E-state index is 0.115. The summed E-state index contributed by atoms with van der Waals surface area (Å²) >= 11 is 0. The van der Waals surface area contributed by atoms with E-state index in [1.807, 2.05) is 9.80 Å². The quantitative estimate of drug-likeness (QED) is 0.478. The number of halogens is 3. The fraction of sp³-hybridized carbons (Fsp3) is 0.292. The van der Waals surface area contributed by atoms with Crippen molar-refractivity contribution in [2.24, 2.45) is 5.73 Å². The molecule has 1 saturated heterocycles. The van der Waals surface area contributed by atoms with Crippen LogP contribution in [-0.2, 0) is 21.0 Å². The molecule has 1 fully saturated rings. The lowest BCUT2D eigenvalue weighted by Crippen LogP contribution is -2.49. The van der Waals surface area contributed by atoms with Crippen LogP contribution in [0.5, 0.6) is 0 Å². The highest BCUT2D eigenvalue weighted by Crippen LogP contribution is 2.39. The normalized spacial score (nSPS) is 15.0. The zero-order valence-corrected chi connectivity index (χ0v) is 20.7. The molecular formula is C24H25F3N6O3S. The molecule has 3 N–H and O–H groups in total. The number of carbonyl (C=O) groups excluding carboxylic acids is 1. The van der Waals surface area contributed by atoms with E-state index >= 15 is 0 Å². The molecule has 2 aromatic heterocycles. The topological polar surface area (TPSA) is 122 Å². The molecule has 0 bridgehead atoms. The van der Waals surface area contributed by atoms with Crippen molar-refractivity contribution in [3.63, 3.8) is 0 Å². The second-order valence-electron chi connectivity index (χ2n) is 8.61. The lowest BCUT2D eigenvalue weighted by atomic mass is 9.97. The Hall–Kier alpha value is -3.71. The molecule has 4 rings (SSSR count). The van der Waals surface area contributed by atoms with Crippen LogP contribution in [0, 0.1) is 6.92 Å². The maximum atomic E-state index is 13.7. The highest BCUT2D eigenvalue weighted by molar-refractivity contribution is 7.92. The third kappa shape index (κ3) is 6.17. The first-order valence-electron chi connectivity index (χ1n) is 11.3. The van der Waals surface area contributed by atoms with Crippen molar-refractivity contribution in [3.05, 3.63) is 66.0 Å². The molecule has 0 spiro atoms. The summed E-state index contributed by atoms with van der Waals surface area (Å²) in [4.78, 5) is 22.8. The van der Waals surface area contributed by atoms with Crippen LogP contribution >= 0.6 is 0 Å². The molecular weight excluding hydrogens is 509 g/mol. The standard InChI is InChI=1S/C24H25F3N6O3S/c1-16-4-2-3-5-18(16)19-13-22(30-14-20(19)24(25,26)27)31-37(35,36)17-6-7-29-23(12-17)33-10-8-32(9-11-33)15-21(28)34/h2-7,12-14H,8-11,15H2,1H3,(H2,28,34)(H,30,31). The van der Waals surface area contributed by atoms with E-state index in [2.05, 4.69) is 14.7 Å². The minimum Gasteiger partial charge on any atom is -0.369 e. The summed E-state index contributed by atoms with van der Waals surface area (Å²) in [6.45, 7) is 3.94. The molecule has 1 aliphatic rings. The van der Waals surface area contributed by atoms with Gasteiger partial charge in [0.25, 0.3) is 10.0 Å². The molecule has 3 heterocycles. The van der Waals surface area contributed by atoms with Gasteiger partial charge in [-0.1, -0.05) is 24.3 Å². The molecule has 0 saturated carbocycles. The predicted molar refractivity (Wildman–Crippen MR) is 132 cm³/mol. The lowest BCUT2D eigenvalue weighted by molar-refractivity contribution is -0.137. The molecule has 1 aliphatic heterocycles. The second-order valence-corrected chi connectivity index (χ2v) is 10.3. The van der Waals surface area contributed by atoms with E-state index in [-0.39, 0.29) is 22.8 Å². The summed E-state index contributed by atoms with van der Waals surface area (Å²) in [7, 11) is -4.19. The van der Waals surface area contributed by atoms with Crippen LogP contribution in [0.4, 0.5) is 24.8 Å². The molecule has 0 aliphatic carbocycles. The van der Waals surface area contributed by atoms with Gasteiger partial charge in [-0.15, -0.1) is 0 Å². The van der Waals surface area contributed by atoms with Crippen molar-refractivity contribution >= 4 is 27.6 Å². The van der Waals surface area contributed by atoms with Gasteiger partial charge in [0.05, 0.1) is 17.0 Å². The summed E-state index contributed by atoms with van der Waals surface area (Å²) in [5.41, 5.74) is 5.01. The third-order valence-electron chi connectivity index (χ3n) is 5.99. The number of nitrogens with two attached hydrogens (primary N) is 1. The smallest absolute Gasteiger partial charge is 0.369 e. The fourth-order valence-electron chi connectivity index (χ4n) is 4.13. The number of hydrogen-bond acceptors (Lipinski definition) is 7. The largest absolute Gasteiger partial charge is 0.418 e. The number of aryl methyl sites for hydroxylation is 1. The highest BCUT2D eigenvalue weighted by atomic mass is 32.2. The Kier molecular flexibility index (Phi) is 7.37. The Morgan fingerprint density at radius 3 is 2.41 bits per heavy atom. The Bertz CT molecular complexity index is 1410. The zero-order chi connectivity index (χ0) is 26.8. The van der Waals surface area contributed by atoms with Crippen molar-refractivity contribution in [2.75, 3.05) is 42.3 Å². The minimum atomic E-state index is -4.68. The molecule has 0 unspecified atom stereocenters. The fourth-order valence-corrected chi connectivity index (χ4v) is 5.13. The number of rotatable bonds is 7. The summed E-state index contributed by atoms with van der Waals surface area (Å²) < 4.78 is 69.6. The average Bonchev–Trinajstić information content (AvgIpc) is 2.83. The molecule has 1 amide bonds. The predicted octanol–water partition coefficient (Wildman–Crippen LogP) is 2.88. The van der Waals surface area contributed by atoms with E-state index in [9.17, 15) is 26.4 Å². The number of nitrogens with one attached hydrogen (secondary N) is 1. The number of benzene rings is 1. The number of aromatic nitrogens is 2. The molecule has 1 aromatic carbocycles. The molecule has 196 valence electrons. The van der Waals surface area contributed by atoms with Crippen molar-refractivity contribution < 1.29 is 26.4 Å². The summed E-state index contributed by atoms with van der Waals surface area (Å²) in [6.07, 6.45) is -2.70. The molecule has 3 aromatic rings. The van der Waals surface area contributed by atoms with Crippen LogP contribution in [0.15, 0.2) is 59.8 Å². The number of primary amides is 1. The van der Waals surface area contributed by atoms with E-state index in [0.29, 0.717) is 49.3 Å². The Morgan fingerprint density at radius 1 is 1.05 bits per heavy atom. The number of hydrogen-bond donors (Lipinski definition) is 2. The van der Waals surface area contributed by atoms with Crippen LogP contribution in [0.2, 0.25) is 0 Å². The van der Waals surface area contributed by atoms with Gasteiger partial charge in [0, 0.05) is 44.6 Å². The average molecular weight is 535 g/mol. The molecule has 37 heavy (non-hydrogen) atoms. The SMILES string of the molecule is Cc1ccccc1-c1cc(NS(=O)(=O)c2ccnc(N3CCN(CC(N)=O)CC3)c2)ncc1C(F)(F)F. The summed E-state index contributed by atoms with van der Waals surface area (Å²) in [5.74, 6) is -0.250. The second kappa shape index (κ2) is 10.3. The maximum absolute atomic E-state index is 13.7.